The molecule has 5 heteroatoms. The molecule has 25 heavy (non-hydrogen) atoms. The van der Waals surface area contributed by atoms with Crippen LogP contribution in [-0.2, 0) is 19.3 Å². The first-order valence-electron chi connectivity index (χ1n) is 8.90. The van der Waals surface area contributed by atoms with Gasteiger partial charge in [0.05, 0.1) is 13.3 Å². The molecule has 4 nitrogen and oxygen atoms in total. The van der Waals surface area contributed by atoms with E-state index in [1.165, 1.54) is 29.8 Å². The number of ketones is 1. The normalized spacial score (nSPS) is 14.3. The maximum absolute atomic E-state index is 12.8. The molecule has 1 aliphatic rings. The number of fused-ring (bicyclic) bond motifs is 3. The lowest BCUT2D eigenvalue weighted by Gasteiger charge is -2.05. The summed E-state index contributed by atoms with van der Waals surface area (Å²) in [6.45, 7) is 0. The van der Waals surface area contributed by atoms with E-state index in [2.05, 4.69) is 9.38 Å². The lowest BCUT2D eigenvalue weighted by Crippen LogP contribution is -2.07. The molecule has 130 valence electrons. The SMILES string of the molecule is COc1ccc(CCC(=O)c2cnc3sc4c(n23)CCCCC4)cc1. The number of Topliss-reactive ketones (excluding diaryl/α,β-unsaturated/α-hetero) is 1. The van der Waals surface area contributed by atoms with Gasteiger partial charge in [-0.1, -0.05) is 18.6 Å². The maximum atomic E-state index is 12.8. The van der Waals surface area contributed by atoms with Crippen LogP contribution in [0.15, 0.2) is 30.5 Å². The van der Waals surface area contributed by atoms with Crippen molar-refractivity contribution in [1.29, 1.82) is 0 Å². The topological polar surface area (TPSA) is 43.6 Å². The summed E-state index contributed by atoms with van der Waals surface area (Å²) in [4.78, 5) is 19.7. The van der Waals surface area contributed by atoms with Crippen LogP contribution in [-0.4, -0.2) is 22.3 Å². The van der Waals surface area contributed by atoms with Crippen molar-refractivity contribution in [3.8, 4) is 5.75 Å². The Balaban J connectivity index is 1.54. The van der Waals surface area contributed by atoms with Crippen molar-refractivity contribution in [2.45, 2.75) is 44.9 Å². The number of imidazole rings is 1. The molecule has 1 aliphatic carbocycles. The molecule has 0 N–H and O–H groups in total. The summed E-state index contributed by atoms with van der Waals surface area (Å²) in [5, 5.41) is 0. The quantitative estimate of drug-likeness (QED) is 0.501. The fourth-order valence-electron chi connectivity index (χ4n) is 3.54. The van der Waals surface area contributed by atoms with Crippen molar-refractivity contribution in [2.75, 3.05) is 7.11 Å². The van der Waals surface area contributed by atoms with Crippen molar-refractivity contribution in [1.82, 2.24) is 9.38 Å². The highest BCUT2D eigenvalue weighted by Gasteiger charge is 2.21. The van der Waals surface area contributed by atoms with E-state index in [0.717, 1.165) is 41.2 Å². The van der Waals surface area contributed by atoms with E-state index in [-0.39, 0.29) is 5.78 Å². The number of benzene rings is 1. The molecule has 1 aromatic carbocycles. The molecule has 0 aliphatic heterocycles. The number of thiazole rings is 1. The molecule has 2 aromatic heterocycles. The van der Waals surface area contributed by atoms with Crippen LogP contribution in [0, 0.1) is 0 Å². The minimum Gasteiger partial charge on any atom is -0.497 e. The molecule has 0 atom stereocenters. The summed E-state index contributed by atoms with van der Waals surface area (Å²) in [6, 6.07) is 7.93. The van der Waals surface area contributed by atoms with Gasteiger partial charge in [-0.3, -0.25) is 9.20 Å². The van der Waals surface area contributed by atoms with E-state index >= 15 is 0 Å². The van der Waals surface area contributed by atoms with Crippen molar-refractivity contribution in [3.63, 3.8) is 0 Å². The van der Waals surface area contributed by atoms with Crippen LogP contribution in [0.4, 0.5) is 0 Å². The molecule has 0 amide bonds. The van der Waals surface area contributed by atoms with Gasteiger partial charge in [-0.05, 0) is 49.8 Å². The molecule has 0 unspecified atom stereocenters. The zero-order valence-corrected chi connectivity index (χ0v) is 15.3. The number of rotatable bonds is 5. The van der Waals surface area contributed by atoms with Gasteiger partial charge in [0.25, 0.3) is 0 Å². The van der Waals surface area contributed by atoms with Crippen molar-refractivity contribution in [2.24, 2.45) is 0 Å². The van der Waals surface area contributed by atoms with Gasteiger partial charge in [0.2, 0.25) is 0 Å². The molecule has 0 saturated heterocycles. The highest BCUT2D eigenvalue weighted by Crippen LogP contribution is 2.30. The first kappa shape index (κ1) is 16.3. The van der Waals surface area contributed by atoms with Crippen LogP contribution >= 0.6 is 11.3 Å². The molecular weight excluding hydrogens is 332 g/mol. The summed E-state index contributed by atoms with van der Waals surface area (Å²) in [5.74, 6) is 1.02. The number of ether oxygens (including phenoxy) is 1. The summed E-state index contributed by atoms with van der Waals surface area (Å²) in [7, 11) is 1.66. The van der Waals surface area contributed by atoms with Crippen LogP contribution in [0.25, 0.3) is 4.96 Å². The number of hydrogen-bond acceptors (Lipinski definition) is 4. The molecule has 0 bridgehead atoms. The minimum absolute atomic E-state index is 0.174. The molecule has 0 fully saturated rings. The fraction of sp³-hybridized carbons (Fsp3) is 0.400. The van der Waals surface area contributed by atoms with Gasteiger partial charge in [0.15, 0.2) is 10.7 Å². The fourth-order valence-corrected chi connectivity index (χ4v) is 4.72. The smallest absolute Gasteiger partial charge is 0.194 e. The average Bonchev–Trinajstić information content (AvgIpc) is 3.12. The van der Waals surface area contributed by atoms with Crippen LogP contribution in [0.5, 0.6) is 5.75 Å². The van der Waals surface area contributed by atoms with Gasteiger partial charge in [0.1, 0.15) is 11.4 Å². The zero-order chi connectivity index (χ0) is 17.2. The number of aromatic nitrogens is 2. The molecular formula is C20H22N2O2S. The molecule has 0 spiro atoms. The maximum Gasteiger partial charge on any atom is 0.194 e. The Kier molecular flexibility index (Phi) is 4.57. The standard InChI is InChI=1S/C20H22N2O2S/c1-24-15-10-7-14(8-11-15)9-12-18(23)17-13-21-20-22(17)16-5-3-2-4-6-19(16)25-20/h7-8,10-11,13H,2-6,9,12H2,1H3. The minimum atomic E-state index is 0.174. The third-order valence-electron chi connectivity index (χ3n) is 4.94. The predicted molar refractivity (Wildman–Crippen MR) is 100.0 cm³/mol. The second kappa shape index (κ2) is 7.00. The van der Waals surface area contributed by atoms with Crippen LogP contribution in [0.3, 0.4) is 0 Å². The summed E-state index contributed by atoms with van der Waals surface area (Å²) >= 11 is 1.76. The molecule has 2 heterocycles. The highest BCUT2D eigenvalue weighted by atomic mass is 32.1. The van der Waals surface area contributed by atoms with Crippen LogP contribution < -0.4 is 4.74 Å². The molecule has 0 saturated carbocycles. The first-order chi connectivity index (χ1) is 12.3. The lowest BCUT2D eigenvalue weighted by molar-refractivity contribution is 0.0977. The van der Waals surface area contributed by atoms with Gasteiger partial charge in [0, 0.05) is 17.0 Å². The Hall–Kier alpha value is -2.14. The third-order valence-corrected chi connectivity index (χ3v) is 6.10. The average molecular weight is 354 g/mol. The van der Waals surface area contributed by atoms with E-state index in [1.807, 2.05) is 24.3 Å². The van der Waals surface area contributed by atoms with E-state index in [0.29, 0.717) is 6.42 Å². The second-order valence-electron chi connectivity index (χ2n) is 6.57. The van der Waals surface area contributed by atoms with E-state index in [9.17, 15) is 4.79 Å². The summed E-state index contributed by atoms with van der Waals surface area (Å²) in [5.41, 5.74) is 3.23. The Morgan fingerprint density at radius 1 is 1.20 bits per heavy atom. The largest absolute Gasteiger partial charge is 0.497 e. The van der Waals surface area contributed by atoms with Crippen LogP contribution in [0.1, 0.15) is 52.3 Å². The Bertz CT molecular complexity index is 892. The Morgan fingerprint density at radius 3 is 2.80 bits per heavy atom. The number of aryl methyl sites for hydroxylation is 3. The first-order valence-corrected chi connectivity index (χ1v) is 9.72. The Morgan fingerprint density at radius 2 is 2.00 bits per heavy atom. The molecule has 4 rings (SSSR count). The van der Waals surface area contributed by atoms with E-state index < -0.39 is 0 Å². The number of hydrogen-bond donors (Lipinski definition) is 0. The summed E-state index contributed by atoms with van der Waals surface area (Å²) in [6.07, 6.45) is 8.92. The van der Waals surface area contributed by atoms with Crippen LogP contribution in [0.2, 0.25) is 0 Å². The van der Waals surface area contributed by atoms with Crippen molar-refractivity contribution >= 4 is 22.1 Å². The number of nitrogens with zero attached hydrogens (tertiary/aromatic N) is 2. The van der Waals surface area contributed by atoms with Gasteiger partial charge in [-0.15, -0.1) is 11.3 Å². The van der Waals surface area contributed by atoms with Gasteiger partial charge < -0.3 is 4.74 Å². The number of carbonyl (C=O) groups is 1. The predicted octanol–water partition coefficient (Wildman–Crippen LogP) is 4.49. The zero-order valence-electron chi connectivity index (χ0n) is 14.5. The lowest BCUT2D eigenvalue weighted by atomic mass is 10.1. The van der Waals surface area contributed by atoms with E-state index in [1.54, 1.807) is 24.6 Å². The summed E-state index contributed by atoms with van der Waals surface area (Å²) < 4.78 is 7.31. The number of carbonyl (C=O) groups excluding carboxylic acids is 1. The number of methoxy groups -OCH3 is 1. The van der Waals surface area contributed by atoms with Crippen molar-refractivity contribution < 1.29 is 9.53 Å². The Labute approximate surface area is 151 Å². The van der Waals surface area contributed by atoms with Crippen molar-refractivity contribution in [3.05, 3.63) is 52.3 Å². The highest BCUT2D eigenvalue weighted by molar-refractivity contribution is 7.17. The monoisotopic (exact) mass is 354 g/mol. The molecule has 0 radical (unpaired) electrons. The van der Waals surface area contributed by atoms with E-state index in [4.69, 9.17) is 4.74 Å². The molecule has 3 aromatic rings. The van der Waals surface area contributed by atoms with Gasteiger partial charge in [-0.2, -0.15) is 0 Å². The van der Waals surface area contributed by atoms with Gasteiger partial charge in [-0.25, -0.2) is 4.98 Å². The third kappa shape index (κ3) is 3.21. The second-order valence-corrected chi connectivity index (χ2v) is 7.63. The van der Waals surface area contributed by atoms with Gasteiger partial charge >= 0.3 is 0 Å².